The van der Waals surface area contributed by atoms with Gasteiger partial charge in [-0.05, 0) is 25.3 Å². The molecule has 1 aromatic carbocycles. The van der Waals surface area contributed by atoms with Gasteiger partial charge >= 0.3 is 6.18 Å². The van der Waals surface area contributed by atoms with Crippen molar-refractivity contribution in [3.05, 3.63) is 66.0 Å². The van der Waals surface area contributed by atoms with Crippen LogP contribution in [0.4, 0.5) is 34.9 Å². The lowest BCUT2D eigenvalue weighted by Gasteiger charge is -2.35. The van der Waals surface area contributed by atoms with Crippen molar-refractivity contribution in [2.75, 3.05) is 62.4 Å². The fourth-order valence-electron chi connectivity index (χ4n) is 4.03. The van der Waals surface area contributed by atoms with Crippen LogP contribution in [0.3, 0.4) is 0 Å². The van der Waals surface area contributed by atoms with Crippen molar-refractivity contribution in [3.63, 3.8) is 0 Å². The average molecular weight is 518 g/mol. The number of piperazine rings is 1. The number of amides is 1. The molecule has 1 amide bonds. The maximum atomic E-state index is 15.4. The van der Waals surface area contributed by atoms with E-state index in [1.165, 1.54) is 24.5 Å². The Morgan fingerprint density at radius 1 is 1.14 bits per heavy atom. The number of allylic oxidation sites excluding steroid dienone is 1. The van der Waals surface area contributed by atoms with Crippen molar-refractivity contribution in [2.24, 2.45) is 0 Å². The van der Waals surface area contributed by atoms with Crippen LogP contribution in [-0.4, -0.2) is 74.3 Å². The quantitative estimate of drug-likeness (QED) is 0.588. The van der Waals surface area contributed by atoms with E-state index < -0.39 is 29.0 Å². The van der Waals surface area contributed by atoms with E-state index in [2.05, 4.69) is 32.1 Å². The molecule has 0 radical (unpaired) electrons. The van der Waals surface area contributed by atoms with Gasteiger partial charge in [-0.15, -0.1) is 0 Å². The molecule has 2 aliphatic heterocycles. The lowest BCUT2D eigenvalue weighted by molar-refractivity contribution is -0.115. The summed E-state index contributed by atoms with van der Waals surface area (Å²) in [6.07, 6.45) is -0.130. The van der Waals surface area contributed by atoms with Gasteiger partial charge in [0.25, 0.3) is 5.91 Å². The number of anilines is 3. The van der Waals surface area contributed by atoms with E-state index in [1.54, 1.807) is 19.0 Å². The molecule has 196 valence electrons. The van der Waals surface area contributed by atoms with Crippen LogP contribution in [-0.2, 0) is 4.79 Å². The van der Waals surface area contributed by atoms with Crippen LogP contribution in [0.2, 0.25) is 0 Å². The first-order valence-corrected chi connectivity index (χ1v) is 11.5. The standard InChI is InChI=1S/C25H27F4N7O/c1-15-9-19(25(27,28)29)18(14-30-15)23(37)33-21-10-17(16-12-31-24(32-13-16)34(2)3)20(26)11-22(21)36-7-5-35(4)6-8-36/h9-14,30H,1,5-8H2,2-4H3,(H,33,37). The highest BCUT2D eigenvalue weighted by molar-refractivity contribution is 6.09. The van der Waals surface area contributed by atoms with Gasteiger partial charge in [0.1, 0.15) is 5.82 Å². The average Bonchev–Trinajstić information content (AvgIpc) is 2.85. The summed E-state index contributed by atoms with van der Waals surface area (Å²) >= 11 is 0. The lowest BCUT2D eigenvalue weighted by atomic mass is 10.0. The summed E-state index contributed by atoms with van der Waals surface area (Å²) in [5.41, 5.74) is -0.705. The number of carbonyl (C=O) groups is 1. The molecule has 3 heterocycles. The number of carbonyl (C=O) groups excluding carboxylic acids is 1. The Balaban J connectivity index is 1.74. The van der Waals surface area contributed by atoms with Gasteiger partial charge in [-0.3, -0.25) is 4.79 Å². The van der Waals surface area contributed by atoms with E-state index in [0.29, 0.717) is 43.4 Å². The minimum Gasteiger partial charge on any atom is -0.367 e. The molecule has 0 aliphatic carbocycles. The molecular formula is C25H27F4N7O. The normalized spacial score (nSPS) is 16.6. The van der Waals surface area contributed by atoms with Gasteiger partial charge in [0.15, 0.2) is 0 Å². The number of rotatable bonds is 5. The maximum absolute atomic E-state index is 15.4. The number of nitrogens with zero attached hydrogens (tertiary/aromatic N) is 5. The number of alkyl halides is 3. The number of likely N-dealkylation sites (N-methyl/N-ethyl adjacent to an activating group) is 1. The first kappa shape index (κ1) is 26.1. The molecule has 37 heavy (non-hydrogen) atoms. The van der Waals surface area contributed by atoms with Crippen LogP contribution in [0, 0.1) is 5.82 Å². The highest BCUT2D eigenvalue weighted by Gasteiger charge is 2.40. The Morgan fingerprint density at radius 2 is 1.78 bits per heavy atom. The molecule has 4 rings (SSSR count). The topological polar surface area (TPSA) is 76.6 Å². The summed E-state index contributed by atoms with van der Waals surface area (Å²) in [5, 5.41) is 5.14. The van der Waals surface area contributed by atoms with Crippen LogP contribution in [0.1, 0.15) is 0 Å². The van der Waals surface area contributed by atoms with E-state index in [4.69, 9.17) is 0 Å². The molecule has 1 fully saturated rings. The summed E-state index contributed by atoms with van der Waals surface area (Å²) < 4.78 is 56.3. The van der Waals surface area contributed by atoms with Gasteiger partial charge in [0, 0.05) is 75.7 Å². The summed E-state index contributed by atoms with van der Waals surface area (Å²) in [6, 6.07) is 2.69. The molecule has 2 aromatic rings. The van der Waals surface area contributed by atoms with E-state index in [1.807, 2.05) is 11.9 Å². The number of halogens is 4. The number of nitrogens with one attached hydrogen (secondary N) is 2. The molecule has 8 nitrogen and oxygen atoms in total. The maximum Gasteiger partial charge on any atom is 0.417 e. The van der Waals surface area contributed by atoms with Crippen LogP contribution in [0.5, 0.6) is 0 Å². The second kappa shape index (κ2) is 10.2. The molecular weight excluding hydrogens is 490 g/mol. The zero-order valence-corrected chi connectivity index (χ0v) is 20.7. The third-order valence-electron chi connectivity index (χ3n) is 6.09. The predicted octanol–water partition coefficient (Wildman–Crippen LogP) is 3.53. The van der Waals surface area contributed by atoms with Crippen LogP contribution >= 0.6 is 0 Å². The summed E-state index contributed by atoms with van der Waals surface area (Å²) in [5.74, 6) is -1.13. The number of dihydropyridines is 1. The minimum absolute atomic E-state index is 0.00670. The first-order chi connectivity index (χ1) is 17.4. The number of hydrogen-bond donors (Lipinski definition) is 2. The minimum atomic E-state index is -4.77. The molecule has 0 atom stereocenters. The van der Waals surface area contributed by atoms with Crippen molar-refractivity contribution in [1.29, 1.82) is 0 Å². The number of aromatic nitrogens is 2. The SMILES string of the molecule is C=C1C=C(C(F)(F)F)C(C(=O)Nc2cc(-c3cnc(N(C)C)nc3)c(F)cc2N2CCN(C)CC2)=CN1. The third-order valence-corrected chi connectivity index (χ3v) is 6.09. The number of benzene rings is 1. The Hall–Kier alpha value is -3.93. The summed E-state index contributed by atoms with van der Waals surface area (Å²) in [6.45, 7) is 5.99. The monoisotopic (exact) mass is 517 g/mol. The van der Waals surface area contributed by atoms with Gasteiger partial charge < -0.3 is 25.3 Å². The molecule has 1 aromatic heterocycles. The highest BCUT2D eigenvalue weighted by atomic mass is 19.4. The Bertz CT molecular complexity index is 1260. The van der Waals surface area contributed by atoms with Crippen molar-refractivity contribution < 1.29 is 22.4 Å². The van der Waals surface area contributed by atoms with Gasteiger partial charge in [0.2, 0.25) is 5.95 Å². The molecule has 0 spiro atoms. The van der Waals surface area contributed by atoms with E-state index in [0.717, 1.165) is 12.3 Å². The van der Waals surface area contributed by atoms with Gasteiger partial charge in [-0.1, -0.05) is 6.58 Å². The van der Waals surface area contributed by atoms with Gasteiger partial charge in [0.05, 0.1) is 22.5 Å². The first-order valence-electron chi connectivity index (χ1n) is 11.5. The van der Waals surface area contributed by atoms with Crippen molar-refractivity contribution in [1.82, 2.24) is 20.2 Å². The molecule has 0 unspecified atom stereocenters. The number of hydrogen-bond acceptors (Lipinski definition) is 7. The smallest absolute Gasteiger partial charge is 0.367 e. The van der Waals surface area contributed by atoms with Crippen LogP contribution in [0.15, 0.2) is 60.2 Å². The van der Waals surface area contributed by atoms with E-state index in [-0.39, 0.29) is 16.9 Å². The summed E-state index contributed by atoms with van der Waals surface area (Å²) in [4.78, 5) is 27.2. The molecule has 0 bridgehead atoms. The highest BCUT2D eigenvalue weighted by Crippen LogP contribution is 2.37. The lowest BCUT2D eigenvalue weighted by Crippen LogP contribution is -2.44. The van der Waals surface area contributed by atoms with Crippen molar-refractivity contribution in [2.45, 2.75) is 6.18 Å². The predicted molar refractivity (Wildman–Crippen MR) is 135 cm³/mol. The summed E-state index contributed by atoms with van der Waals surface area (Å²) in [7, 11) is 5.49. The molecule has 1 saturated heterocycles. The Labute approximate surface area is 212 Å². The second-order valence-corrected chi connectivity index (χ2v) is 9.04. The Kier molecular flexibility index (Phi) is 7.21. The molecule has 2 aliphatic rings. The fourth-order valence-corrected chi connectivity index (χ4v) is 4.03. The van der Waals surface area contributed by atoms with Gasteiger partial charge in [-0.25, -0.2) is 14.4 Å². The second-order valence-electron chi connectivity index (χ2n) is 9.04. The van der Waals surface area contributed by atoms with Crippen LogP contribution in [0.25, 0.3) is 11.1 Å². The van der Waals surface area contributed by atoms with Gasteiger partial charge in [-0.2, -0.15) is 13.2 Å². The fraction of sp³-hybridized carbons (Fsp3) is 0.320. The third kappa shape index (κ3) is 5.74. The van der Waals surface area contributed by atoms with Crippen molar-refractivity contribution in [3.8, 4) is 11.1 Å². The van der Waals surface area contributed by atoms with E-state index in [9.17, 15) is 18.0 Å². The Morgan fingerprint density at radius 3 is 2.38 bits per heavy atom. The van der Waals surface area contributed by atoms with E-state index >= 15 is 4.39 Å². The molecule has 12 heteroatoms. The molecule has 0 saturated carbocycles. The van der Waals surface area contributed by atoms with Crippen molar-refractivity contribution >= 4 is 23.2 Å². The molecule has 2 N–H and O–H groups in total. The van der Waals surface area contributed by atoms with Crippen LogP contribution < -0.4 is 20.4 Å². The zero-order chi connectivity index (χ0) is 26.9. The zero-order valence-electron chi connectivity index (χ0n) is 20.7. The largest absolute Gasteiger partial charge is 0.417 e.